The van der Waals surface area contributed by atoms with Crippen molar-refractivity contribution in [3.05, 3.63) is 62.0 Å². The molecule has 53 heavy (non-hydrogen) atoms. The maximum atomic E-state index is 16.1. The lowest BCUT2D eigenvalue weighted by Crippen LogP contribution is -2.67. The number of halogens is 2. The van der Waals surface area contributed by atoms with Gasteiger partial charge in [0, 0.05) is 55.6 Å². The number of thiazole rings is 1. The summed E-state index contributed by atoms with van der Waals surface area (Å²) in [6, 6.07) is 0.0471. The van der Waals surface area contributed by atoms with Crippen molar-refractivity contribution in [2.75, 3.05) is 49.7 Å². The lowest BCUT2D eigenvalue weighted by atomic mass is 10.0. The third-order valence-corrected chi connectivity index (χ3v) is 11.8. The molecule has 280 valence electrons. The molecule has 2 saturated heterocycles. The van der Waals surface area contributed by atoms with Crippen LogP contribution in [0.3, 0.4) is 0 Å². The van der Waals surface area contributed by atoms with Crippen LogP contribution < -0.4 is 32.0 Å². The van der Waals surface area contributed by atoms with Gasteiger partial charge in [0.05, 0.1) is 22.3 Å². The molecule has 5 heterocycles. The van der Waals surface area contributed by atoms with Crippen LogP contribution in [0.5, 0.6) is 0 Å². The van der Waals surface area contributed by atoms with Crippen LogP contribution in [0.15, 0.2) is 38.9 Å². The van der Waals surface area contributed by atoms with Gasteiger partial charge >= 0.3 is 11.9 Å². The number of fused-ring (bicyclic) bond motifs is 2. The number of nitrogens with one attached hydrogen (secondary N) is 3. The normalized spacial score (nSPS) is 21.3. The number of nitrogens with zero attached hydrogens (tertiary/aromatic N) is 5. The Morgan fingerprint density at radius 2 is 1.94 bits per heavy atom. The average molecular weight is 790 g/mol. The molecule has 1 aromatic carbocycles. The topological polar surface area (TPSA) is 217 Å². The van der Waals surface area contributed by atoms with E-state index in [1.807, 2.05) is 0 Å². The third kappa shape index (κ3) is 6.95. The Kier molecular flexibility index (Phi) is 9.89. The molecule has 1 aliphatic carbocycles. The molecule has 3 unspecified atom stereocenters. The first kappa shape index (κ1) is 36.3. The van der Waals surface area contributed by atoms with Gasteiger partial charge in [0.25, 0.3) is 5.91 Å². The lowest BCUT2D eigenvalue weighted by Gasteiger charge is -2.52. The number of thiocarbonyl (C=S) groups is 1. The van der Waals surface area contributed by atoms with E-state index >= 15 is 8.78 Å². The minimum atomic E-state index is -1.46. The van der Waals surface area contributed by atoms with E-state index in [1.165, 1.54) is 28.3 Å². The van der Waals surface area contributed by atoms with Crippen molar-refractivity contribution < 1.29 is 38.2 Å². The highest BCUT2D eigenvalue weighted by Gasteiger charge is 2.47. The van der Waals surface area contributed by atoms with Crippen LogP contribution in [-0.4, -0.2) is 110 Å². The number of anilines is 2. The number of hydrogen-bond acceptors (Lipinski definition) is 13. The predicted octanol–water partition coefficient (Wildman–Crippen LogP) is 1.66. The van der Waals surface area contributed by atoms with Crippen molar-refractivity contribution in [1.29, 1.82) is 0 Å². The number of thioether (sulfide) groups is 1. The second-order valence-electron chi connectivity index (χ2n) is 12.9. The highest BCUT2D eigenvalue weighted by Crippen LogP contribution is 2.41. The first-order chi connectivity index (χ1) is 25.4. The molecule has 21 heteroatoms. The van der Waals surface area contributed by atoms with E-state index in [-0.39, 0.29) is 93.6 Å². The molecular weight excluding hydrogens is 757 g/mol. The Hall–Kier alpha value is -5.02. The van der Waals surface area contributed by atoms with E-state index in [0.29, 0.717) is 30.6 Å². The Morgan fingerprint density at radius 3 is 2.60 bits per heavy atom. The first-order valence-electron chi connectivity index (χ1n) is 16.4. The molecule has 0 radical (unpaired) electrons. The molecule has 2 aromatic heterocycles. The summed E-state index contributed by atoms with van der Waals surface area (Å²) in [6.45, 7) is 0.818. The Balaban J connectivity index is 0.979. The minimum Gasteiger partial charge on any atom is -0.477 e. The van der Waals surface area contributed by atoms with Crippen molar-refractivity contribution in [2.24, 2.45) is 5.16 Å². The molecule has 7 rings (SSSR count). The number of pyridine rings is 1. The van der Waals surface area contributed by atoms with E-state index in [0.717, 1.165) is 23.6 Å². The standard InChI is InChI=1S/C32H33F2N9O7S3/c1-50-40-22(20-12-53-31(35)39-20)27(45)38-19-10-43-23(30(48)49)13(11-52-28(19)43)7-36-32(51)37-14-4-5-41(8-14)25-18(33)6-16-24(21(25)34)42(15-2-3-15)9-17(26(16)44)29(46)47/h6,9,12,14-15,19,28H,2-5,7-8,10-11H2,1H3,(H2,35,39)(H,38,45)(H,46,47)(H,48,49)(H2,36,37,51). The smallest absolute Gasteiger partial charge is 0.352 e. The van der Waals surface area contributed by atoms with Gasteiger partial charge in [-0.2, -0.15) is 0 Å². The molecule has 3 fully saturated rings. The largest absolute Gasteiger partial charge is 0.477 e. The highest BCUT2D eigenvalue weighted by molar-refractivity contribution is 8.00. The van der Waals surface area contributed by atoms with Gasteiger partial charge in [-0.1, -0.05) is 5.16 Å². The lowest BCUT2D eigenvalue weighted by molar-refractivity contribution is -0.135. The molecule has 1 amide bonds. The number of carboxylic acids is 2. The predicted molar refractivity (Wildman–Crippen MR) is 197 cm³/mol. The van der Waals surface area contributed by atoms with Crippen molar-refractivity contribution in [3.8, 4) is 0 Å². The molecule has 1 saturated carbocycles. The second-order valence-corrected chi connectivity index (χ2v) is 15.3. The van der Waals surface area contributed by atoms with E-state index < -0.39 is 40.5 Å². The molecule has 7 N–H and O–H groups in total. The van der Waals surface area contributed by atoms with E-state index in [1.54, 1.807) is 10.3 Å². The van der Waals surface area contributed by atoms with Gasteiger partial charge in [-0.15, -0.1) is 23.1 Å². The van der Waals surface area contributed by atoms with Crippen molar-refractivity contribution >= 4 is 85.7 Å². The van der Waals surface area contributed by atoms with Crippen molar-refractivity contribution in [3.63, 3.8) is 0 Å². The van der Waals surface area contributed by atoms with E-state index in [4.69, 9.17) is 22.8 Å². The zero-order chi connectivity index (χ0) is 37.7. The monoisotopic (exact) mass is 789 g/mol. The van der Waals surface area contributed by atoms with Crippen LogP contribution in [0, 0.1) is 11.6 Å². The highest BCUT2D eigenvalue weighted by atomic mass is 32.2. The molecule has 3 aromatic rings. The SMILES string of the molecule is CON=C(C(=O)NC1CN2C(C(=O)O)=C(CNC(=S)NC3CCN(c4c(F)cc5c(=O)c(C(=O)O)cn(C6CC6)c5c4F)C3)CSC12)c1csc(N)n1. The zero-order valence-electron chi connectivity index (χ0n) is 27.9. The van der Waals surface area contributed by atoms with Crippen LogP contribution >= 0.6 is 35.3 Å². The fourth-order valence-corrected chi connectivity index (χ4v) is 9.00. The van der Waals surface area contributed by atoms with Crippen molar-refractivity contribution in [2.45, 2.75) is 42.8 Å². The van der Waals surface area contributed by atoms with Gasteiger partial charge < -0.3 is 51.1 Å². The minimum absolute atomic E-state index is 0.0480. The fraction of sp³-hybridized carbons (Fsp3) is 0.406. The van der Waals surface area contributed by atoms with Crippen LogP contribution in [0.4, 0.5) is 19.6 Å². The summed E-state index contributed by atoms with van der Waals surface area (Å²) < 4.78 is 33.0. The summed E-state index contributed by atoms with van der Waals surface area (Å²) in [7, 11) is 1.30. The number of aliphatic carboxylic acids is 1. The Bertz CT molecular complexity index is 2170. The quantitative estimate of drug-likeness (QED) is 0.0926. The van der Waals surface area contributed by atoms with Crippen LogP contribution in [-0.2, 0) is 14.4 Å². The summed E-state index contributed by atoms with van der Waals surface area (Å²) in [4.78, 5) is 62.1. The number of nitrogen functional groups attached to an aromatic ring is 1. The van der Waals surface area contributed by atoms with Gasteiger partial charge in [0.1, 0.15) is 35.6 Å². The van der Waals surface area contributed by atoms with Crippen molar-refractivity contribution in [1.82, 2.24) is 30.4 Å². The number of oxime groups is 1. The first-order valence-corrected chi connectivity index (χ1v) is 18.8. The summed E-state index contributed by atoms with van der Waals surface area (Å²) in [5, 5.41) is 33.9. The number of benzene rings is 1. The number of aromatic nitrogens is 2. The molecular formula is C32H33F2N9O7S3. The maximum Gasteiger partial charge on any atom is 0.352 e. The summed E-state index contributed by atoms with van der Waals surface area (Å²) in [5.74, 6) is -4.66. The molecule has 3 atom stereocenters. The van der Waals surface area contributed by atoms with Gasteiger partial charge in [-0.05, 0) is 43.1 Å². The van der Waals surface area contributed by atoms with Gasteiger partial charge in [0.2, 0.25) is 5.43 Å². The number of carboxylic acid groups (broad SMARTS) is 2. The number of amides is 1. The van der Waals surface area contributed by atoms with Gasteiger partial charge in [-0.25, -0.2) is 23.4 Å². The summed E-state index contributed by atoms with van der Waals surface area (Å²) in [5.41, 5.74) is 4.71. The van der Waals surface area contributed by atoms with Crippen LogP contribution in [0.25, 0.3) is 10.9 Å². The van der Waals surface area contributed by atoms with Crippen LogP contribution in [0.1, 0.15) is 41.4 Å². The Morgan fingerprint density at radius 1 is 1.17 bits per heavy atom. The number of hydrogen-bond donors (Lipinski definition) is 6. The molecule has 0 bridgehead atoms. The number of carbonyl (C=O) groups excluding carboxylic acids is 1. The molecule has 0 spiro atoms. The summed E-state index contributed by atoms with van der Waals surface area (Å²) in [6.07, 6.45) is 2.97. The molecule has 4 aliphatic rings. The molecule has 16 nitrogen and oxygen atoms in total. The second kappa shape index (κ2) is 14.4. The number of carbonyl (C=O) groups is 3. The zero-order valence-corrected chi connectivity index (χ0v) is 30.4. The van der Waals surface area contributed by atoms with E-state index in [9.17, 15) is 29.4 Å². The number of rotatable bonds is 11. The van der Waals surface area contributed by atoms with Crippen LogP contribution in [0.2, 0.25) is 0 Å². The summed E-state index contributed by atoms with van der Waals surface area (Å²) >= 11 is 8.12. The molecule has 3 aliphatic heterocycles. The number of aromatic carboxylic acids is 1. The van der Waals surface area contributed by atoms with E-state index in [2.05, 4.69) is 26.1 Å². The number of nitrogens with two attached hydrogens (primary N) is 1. The fourth-order valence-electron chi connectivity index (χ4n) is 6.84. The Labute approximate surface area is 313 Å². The maximum absolute atomic E-state index is 16.1. The van der Waals surface area contributed by atoms with Gasteiger partial charge in [-0.3, -0.25) is 9.59 Å². The average Bonchev–Trinajstić information content (AvgIpc) is 3.70. The van der Waals surface area contributed by atoms with Gasteiger partial charge in [0.15, 0.2) is 21.8 Å². The third-order valence-electron chi connectivity index (χ3n) is 9.43.